The van der Waals surface area contributed by atoms with Crippen LogP contribution in [0.4, 0.5) is 10.1 Å². The lowest BCUT2D eigenvalue weighted by molar-refractivity contribution is 0.0599. The van der Waals surface area contributed by atoms with Gasteiger partial charge in [0.15, 0.2) is 0 Å². The summed E-state index contributed by atoms with van der Waals surface area (Å²) in [5.41, 5.74) is 2.26. The monoisotopic (exact) mass is 549 g/mol. The number of carbonyl (C=O) groups excluding carboxylic acids is 1. The fourth-order valence-corrected chi connectivity index (χ4v) is 6.61. The molecule has 0 amide bonds. The molecule has 0 atom stereocenters. The molecule has 0 heterocycles. The van der Waals surface area contributed by atoms with Crippen LogP contribution < -0.4 is 4.31 Å². The molecule has 0 radical (unpaired) electrons. The number of aliphatic hydroxyl groups excluding tert-OH is 1. The summed E-state index contributed by atoms with van der Waals surface area (Å²) in [6.45, 7) is 6.29. The SMILES string of the molecule is COC(=O)c1c(N(COCC[Si](C)(C)C)S(=O)(=O)c2ccc(F)cc2/C=C\CO)ccc2c1CCCC2. The van der Waals surface area contributed by atoms with Crippen LogP contribution in [-0.4, -0.2) is 54.6 Å². The number of nitrogens with zero attached hydrogens (tertiary/aromatic N) is 1. The molecule has 1 aliphatic rings. The van der Waals surface area contributed by atoms with Crippen LogP contribution in [-0.2, 0) is 32.3 Å². The van der Waals surface area contributed by atoms with E-state index in [1.54, 1.807) is 6.07 Å². The minimum absolute atomic E-state index is 0.0822. The number of benzene rings is 2. The minimum Gasteiger partial charge on any atom is -0.465 e. The number of aryl methyl sites for hydroxylation is 1. The molecule has 0 unspecified atom stereocenters. The normalized spacial score (nSPS) is 14.0. The molecule has 37 heavy (non-hydrogen) atoms. The van der Waals surface area contributed by atoms with Gasteiger partial charge in [0.1, 0.15) is 12.5 Å². The Kier molecular flexibility index (Phi) is 9.68. The molecule has 0 aliphatic heterocycles. The molecule has 3 rings (SSSR count). The molecule has 0 spiro atoms. The van der Waals surface area contributed by atoms with E-state index in [0.29, 0.717) is 13.0 Å². The van der Waals surface area contributed by atoms with Crippen molar-refractivity contribution in [2.75, 3.05) is 31.4 Å². The zero-order chi connectivity index (χ0) is 27.2. The van der Waals surface area contributed by atoms with E-state index in [4.69, 9.17) is 9.47 Å². The molecule has 0 saturated heterocycles. The van der Waals surface area contributed by atoms with Crippen LogP contribution >= 0.6 is 0 Å². The van der Waals surface area contributed by atoms with Crippen molar-refractivity contribution in [1.82, 2.24) is 0 Å². The van der Waals surface area contributed by atoms with Gasteiger partial charge in [-0.05, 0) is 72.7 Å². The van der Waals surface area contributed by atoms with Gasteiger partial charge < -0.3 is 14.6 Å². The molecule has 0 fully saturated rings. The van der Waals surface area contributed by atoms with Crippen molar-refractivity contribution in [1.29, 1.82) is 0 Å². The lowest BCUT2D eigenvalue weighted by Crippen LogP contribution is -2.36. The summed E-state index contributed by atoms with van der Waals surface area (Å²) < 4.78 is 54.4. The Balaban J connectivity index is 2.18. The fraction of sp³-hybridized carbons (Fsp3) is 0.444. The lowest BCUT2D eigenvalue weighted by Gasteiger charge is -2.29. The quantitative estimate of drug-likeness (QED) is 0.183. The van der Waals surface area contributed by atoms with Crippen molar-refractivity contribution >= 4 is 35.8 Å². The van der Waals surface area contributed by atoms with E-state index in [2.05, 4.69) is 19.6 Å². The van der Waals surface area contributed by atoms with Gasteiger partial charge in [0, 0.05) is 14.7 Å². The number of sulfonamides is 1. The number of halogens is 1. The van der Waals surface area contributed by atoms with E-state index >= 15 is 0 Å². The van der Waals surface area contributed by atoms with Crippen molar-refractivity contribution in [2.45, 2.75) is 56.3 Å². The van der Waals surface area contributed by atoms with E-state index in [1.807, 2.05) is 6.07 Å². The number of ether oxygens (including phenoxy) is 2. The number of aliphatic hydroxyl groups is 1. The molecule has 2 aromatic rings. The summed E-state index contributed by atoms with van der Waals surface area (Å²) in [4.78, 5) is 12.9. The van der Waals surface area contributed by atoms with E-state index < -0.39 is 29.9 Å². The summed E-state index contributed by atoms with van der Waals surface area (Å²) in [6, 6.07) is 7.67. The summed E-state index contributed by atoms with van der Waals surface area (Å²) in [6.07, 6.45) is 6.00. The number of esters is 1. The van der Waals surface area contributed by atoms with Crippen molar-refractivity contribution in [2.24, 2.45) is 0 Å². The zero-order valence-corrected chi connectivity index (χ0v) is 23.7. The van der Waals surface area contributed by atoms with Crippen molar-refractivity contribution in [3.05, 3.63) is 64.5 Å². The summed E-state index contributed by atoms with van der Waals surface area (Å²) in [7, 11) is -4.50. The highest BCUT2D eigenvalue weighted by molar-refractivity contribution is 7.93. The Morgan fingerprint density at radius 2 is 1.89 bits per heavy atom. The molecule has 2 aromatic carbocycles. The summed E-state index contributed by atoms with van der Waals surface area (Å²) in [5.74, 6) is -1.23. The Morgan fingerprint density at radius 3 is 2.57 bits per heavy atom. The number of hydrogen-bond donors (Lipinski definition) is 1. The molecule has 1 aliphatic carbocycles. The van der Waals surface area contributed by atoms with Crippen LogP contribution in [0.3, 0.4) is 0 Å². The molecule has 1 N–H and O–H groups in total. The average Bonchev–Trinajstić information content (AvgIpc) is 2.85. The number of hydrogen-bond acceptors (Lipinski definition) is 6. The van der Waals surface area contributed by atoms with Crippen LogP contribution in [0.2, 0.25) is 25.7 Å². The molecule has 0 bridgehead atoms. The van der Waals surface area contributed by atoms with Crippen LogP contribution in [0.5, 0.6) is 0 Å². The Morgan fingerprint density at radius 1 is 1.16 bits per heavy atom. The van der Waals surface area contributed by atoms with E-state index in [9.17, 15) is 22.7 Å². The van der Waals surface area contributed by atoms with Crippen LogP contribution in [0, 0.1) is 5.82 Å². The van der Waals surface area contributed by atoms with Gasteiger partial charge in [-0.3, -0.25) is 0 Å². The maximum absolute atomic E-state index is 14.1. The molecule has 10 heteroatoms. The van der Waals surface area contributed by atoms with Gasteiger partial charge in [0.25, 0.3) is 10.0 Å². The number of methoxy groups -OCH3 is 1. The maximum Gasteiger partial charge on any atom is 0.340 e. The highest BCUT2D eigenvalue weighted by Crippen LogP contribution is 2.36. The number of carbonyl (C=O) groups is 1. The predicted octanol–water partition coefficient (Wildman–Crippen LogP) is 5.00. The highest BCUT2D eigenvalue weighted by atomic mass is 32.2. The van der Waals surface area contributed by atoms with Crippen molar-refractivity contribution < 1.29 is 32.2 Å². The van der Waals surface area contributed by atoms with Gasteiger partial charge in [0.2, 0.25) is 0 Å². The molecular weight excluding hydrogens is 513 g/mol. The number of rotatable bonds is 11. The second-order valence-corrected chi connectivity index (χ2v) is 17.7. The average molecular weight is 550 g/mol. The first-order valence-corrected chi connectivity index (χ1v) is 17.5. The number of anilines is 1. The van der Waals surface area contributed by atoms with E-state index in [-0.39, 0.29) is 35.0 Å². The fourth-order valence-electron chi connectivity index (χ4n) is 4.33. The first-order valence-electron chi connectivity index (χ1n) is 12.4. The smallest absolute Gasteiger partial charge is 0.340 e. The molecule has 202 valence electrons. The molecular formula is C27H36FNO6SSi. The Hall–Kier alpha value is -2.53. The summed E-state index contributed by atoms with van der Waals surface area (Å²) in [5, 5.41) is 9.22. The predicted molar refractivity (Wildman–Crippen MR) is 146 cm³/mol. The van der Waals surface area contributed by atoms with Crippen LogP contribution in [0.15, 0.2) is 41.3 Å². The molecule has 0 aromatic heterocycles. The van der Waals surface area contributed by atoms with Crippen LogP contribution in [0.25, 0.3) is 6.08 Å². The molecule has 7 nitrogen and oxygen atoms in total. The third-order valence-corrected chi connectivity index (χ3v) is 9.83. The van der Waals surface area contributed by atoms with Gasteiger partial charge >= 0.3 is 5.97 Å². The molecule has 0 saturated carbocycles. The topological polar surface area (TPSA) is 93.1 Å². The highest BCUT2D eigenvalue weighted by Gasteiger charge is 2.33. The third-order valence-electron chi connectivity index (χ3n) is 6.32. The first-order chi connectivity index (χ1) is 17.5. The zero-order valence-electron chi connectivity index (χ0n) is 21.9. The van der Waals surface area contributed by atoms with Gasteiger partial charge in [-0.2, -0.15) is 0 Å². The van der Waals surface area contributed by atoms with Crippen molar-refractivity contribution in [3.63, 3.8) is 0 Å². The van der Waals surface area contributed by atoms with E-state index in [1.165, 1.54) is 25.3 Å². The number of fused-ring (bicyclic) bond motifs is 1. The second kappa shape index (κ2) is 12.3. The third kappa shape index (κ3) is 7.07. The second-order valence-electron chi connectivity index (χ2n) is 10.3. The van der Waals surface area contributed by atoms with Crippen LogP contribution in [0.1, 0.15) is 39.9 Å². The summed E-state index contributed by atoms with van der Waals surface area (Å²) >= 11 is 0. The first kappa shape index (κ1) is 29.0. The van der Waals surface area contributed by atoms with Gasteiger partial charge in [-0.25, -0.2) is 21.9 Å². The Labute approximate surface area is 220 Å². The van der Waals surface area contributed by atoms with Gasteiger partial charge in [0.05, 0.1) is 29.9 Å². The lowest BCUT2D eigenvalue weighted by atomic mass is 9.87. The Bertz CT molecular complexity index is 1260. The standard InChI is InChI=1S/C27H36FNO6SSi/c1-34-27(31)26-23-10-6-5-8-20(23)11-13-24(26)29(19-35-16-17-37(2,3)4)36(32,33)25-14-12-22(28)18-21(25)9-7-15-30/h7,9,11-14,18,30H,5-6,8,10,15-17,19H2,1-4H3/b9-7-. The van der Waals surface area contributed by atoms with Crippen molar-refractivity contribution in [3.8, 4) is 0 Å². The minimum atomic E-state index is -4.33. The van der Waals surface area contributed by atoms with Gasteiger partial charge in [-0.15, -0.1) is 0 Å². The maximum atomic E-state index is 14.1. The van der Waals surface area contributed by atoms with E-state index in [0.717, 1.165) is 52.9 Å². The largest absolute Gasteiger partial charge is 0.465 e. The van der Waals surface area contributed by atoms with Gasteiger partial charge in [-0.1, -0.05) is 37.9 Å².